The third-order valence-electron chi connectivity index (χ3n) is 6.30. The maximum atomic E-state index is 13.7. The second-order valence-corrected chi connectivity index (χ2v) is 10.8. The number of carbonyl (C=O) groups excluding carboxylic acids is 2. The number of hydrogen-bond donors (Lipinski definition) is 1. The molecule has 5 rings (SSSR count). The number of ether oxygens (including phenoxy) is 1. The van der Waals surface area contributed by atoms with Gasteiger partial charge in [-0.1, -0.05) is 29.8 Å². The zero-order valence-electron chi connectivity index (χ0n) is 19.5. The molecule has 0 bridgehead atoms. The number of hydrogen-bond acceptors (Lipinski definition) is 5. The number of esters is 1. The van der Waals surface area contributed by atoms with E-state index in [1.54, 1.807) is 31.2 Å². The fraction of sp³-hybridized carbons (Fsp3) is 0.231. The van der Waals surface area contributed by atoms with Crippen molar-refractivity contribution in [3.63, 3.8) is 0 Å². The Hall–Kier alpha value is -3.56. The summed E-state index contributed by atoms with van der Waals surface area (Å²) in [5.41, 5.74) is 3.50. The summed E-state index contributed by atoms with van der Waals surface area (Å²) in [5, 5.41) is 3.01. The molecule has 0 aromatic heterocycles. The largest absolute Gasteiger partial charge is 0.462 e. The minimum atomic E-state index is -3.90. The van der Waals surface area contributed by atoms with Gasteiger partial charge in [-0.2, -0.15) is 0 Å². The number of carbonyl (C=O) groups is 2. The van der Waals surface area contributed by atoms with Crippen LogP contribution >= 0.6 is 11.6 Å². The molecule has 2 heterocycles. The van der Waals surface area contributed by atoms with E-state index in [9.17, 15) is 18.0 Å². The number of urea groups is 1. The number of nitrogens with zero attached hydrogens (tertiary/aromatic N) is 2. The van der Waals surface area contributed by atoms with E-state index < -0.39 is 22.0 Å². The van der Waals surface area contributed by atoms with Gasteiger partial charge in [0, 0.05) is 12.2 Å². The molecule has 2 amide bonds. The van der Waals surface area contributed by atoms with Crippen LogP contribution < -0.4 is 14.5 Å². The highest BCUT2D eigenvalue weighted by Gasteiger charge is 2.32. The molecule has 8 nitrogen and oxygen atoms in total. The van der Waals surface area contributed by atoms with Gasteiger partial charge < -0.3 is 10.1 Å². The van der Waals surface area contributed by atoms with E-state index >= 15 is 0 Å². The molecule has 0 radical (unpaired) electrons. The van der Waals surface area contributed by atoms with Crippen LogP contribution in [0.4, 0.5) is 21.9 Å². The monoisotopic (exact) mass is 525 g/mol. The van der Waals surface area contributed by atoms with Crippen molar-refractivity contribution in [2.75, 3.05) is 27.7 Å². The first-order valence-corrected chi connectivity index (χ1v) is 13.4. The SMILES string of the molecule is CCOC(=O)c1ccc2c(c1)CN(c1cc(S(=O)(=O)N3CCCc4ccccc43)ccc1Cl)C(=O)N2. The van der Waals surface area contributed by atoms with Crippen molar-refractivity contribution in [1.82, 2.24) is 0 Å². The van der Waals surface area contributed by atoms with E-state index in [0.717, 1.165) is 12.0 Å². The van der Waals surface area contributed by atoms with Gasteiger partial charge in [0.25, 0.3) is 10.0 Å². The summed E-state index contributed by atoms with van der Waals surface area (Å²) in [4.78, 5) is 26.5. The molecule has 0 spiro atoms. The summed E-state index contributed by atoms with van der Waals surface area (Å²) in [6, 6.07) is 16.2. The smallest absolute Gasteiger partial charge is 0.338 e. The maximum absolute atomic E-state index is 13.7. The number of para-hydroxylation sites is 1. The average molecular weight is 526 g/mol. The fourth-order valence-corrected chi connectivity index (χ4v) is 6.32. The number of benzene rings is 3. The molecule has 2 aliphatic heterocycles. The molecular formula is C26H24ClN3O5S. The molecule has 0 saturated carbocycles. The zero-order chi connectivity index (χ0) is 25.4. The Morgan fingerprint density at radius 2 is 1.86 bits per heavy atom. The lowest BCUT2D eigenvalue weighted by molar-refractivity contribution is 0.0526. The zero-order valence-corrected chi connectivity index (χ0v) is 21.1. The number of rotatable bonds is 5. The lowest BCUT2D eigenvalue weighted by Crippen LogP contribution is -2.39. The number of amides is 2. The summed E-state index contributed by atoms with van der Waals surface area (Å²) in [6.45, 7) is 2.44. The van der Waals surface area contributed by atoms with Crippen LogP contribution in [0.5, 0.6) is 0 Å². The highest BCUT2D eigenvalue weighted by atomic mass is 35.5. The second kappa shape index (κ2) is 9.48. The predicted octanol–water partition coefficient (Wildman–Crippen LogP) is 5.21. The molecule has 0 fully saturated rings. The van der Waals surface area contributed by atoms with Crippen molar-refractivity contribution in [1.29, 1.82) is 0 Å². The molecule has 186 valence electrons. The molecule has 0 atom stereocenters. The maximum Gasteiger partial charge on any atom is 0.338 e. The van der Waals surface area contributed by atoms with E-state index in [0.29, 0.717) is 35.5 Å². The van der Waals surface area contributed by atoms with Crippen LogP contribution in [0.15, 0.2) is 65.6 Å². The lowest BCUT2D eigenvalue weighted by Gasteiger charge is -2.32. The van der Waals surface area contributed by atoms with Crippen molar-refractivity contribution in [3.05, 3.63) is 82.4 Å². The summed E-state index contributed by atoms with van der Waals surface area (Å²) < 4.78 is 33.8. The molecule has 10 heteroatoms. The normalized spacial score (nSPS) is 15.1. The van der Waals surface area contributed by atoms with Crippen molar-refractivity contribution in [2.24, 2.45) is 0 Å². The van der Waals surface area contributed by atoms with Crippen LogP contribution in [0, 0.1) is 0 Å². The Morgan fingerprint density at radius 3 is 2.67 bits per heavy atom. The van der Waals surface area contributed by atoms with E-state index in [1.165, 1.54) is 27.4 Å². The Kier molecular flexibility index (Phi) is 6.36. The molecule has 0 aliphatic carbocycles. The number of aryl methyl sites for hydroxylation is 1. The van der Waals surface area contributed by atoms with Crippen molar-refractivity contribution < 1.29 is 22.7 Å². The molecule has 0 unspecified atom stereocenters. The van der Waals surface area contributed by atoms with Crippen molar-refractivity contribution in [2.45, 2.75) is 31.2 Å². The van der Waals surface area contributed by atoms with Gasteiger partial charge in [0.05, 0.1) is 40.0 Å². The second-order valence-electron chi connectivity index (χ2n) is 8.53. The standard InChI is InChI=1S/C26H24ClN3O5S/c1-2-35-25(31)18-9-12-22-19(14-18)16-29(26(32)28-22)24-15-20(10-11-21(24)27)36(33,34)30-13-5-7-17-6-3-4-8-23(17)30/h3-4,6,8-12,14-15H,2,5,7,13,16H2,1H3,(H,28,32). The number of sulfonamides is 1. The lowest BCUT2D eigenvalue weighted by atomic mass is 10.0. The van der Waals surface area contributed by atoms with Gasteiger partial charge in [0.15, 0.2) is 0 Å². The van der Waals surface area contributed by atoms with E-state index in [-0.39, 0.29) is 28.8 Å². The molecule has 3 aromatic rings. The first-order chi connectivity index (χ1) is 17.3. The van der Waals surface area contributed by atoms with Gasteiger partial charge in [-0.3, -0.25) is 9.21 Å². The van der Waals surface area contributed by atoms with Gasteiger partial charge in [0.2, 0.25) is 0 Å². The van der Waals surface area contributed by atoms with Gasteiger partial charge in [-0.15, -0.1) is 0 Å². The molecule has 2 aliphatic rings. The minimum Gasteiger partial charge on any atom is -0.462 e. The molecule has 1 N–H and O–H groups in total. The highest BCUT2D eigenvalue weighted by Crippen LogP contribution is 2.37. The van der Waals surface area contributed by atoms with Crippen LogP contribution in [-0.4, -0.2) is 33.6 Å². The average Bonchev–Trinajstić information content (AvgIpc) is 2.88. The Balaban J connectivity index is 1.50. The summed E-state index contributed by atoms with van der Waals surface area (Å²) in [6.07, 6.45) is 1.53. The van der Waals surface area contributed by atoms with Crippen LogP contribution in [0.25, 0.3) is 0 Å². The quantitative estimate of drug-likeness (QED) is 0.461. The minimum absolute atomic E-state index is 0.0393. The third kappa shape index (κ3) is 4.29. The van der Waals surface area contributed by atoms with Gasteiger partial charge in [-0.05, 0) is 73.4 Å². The number of fused-ring (bicyclic) bond motifs is 2. The van der Waals surface area contributed by atoms with Crippen molar-refractivity contribution >= 4 is 50.7 Å². The topological polar surface area (TPSA) is 96.0 Å². The fourth-order valence-electron chi connectivity index (χ4n) is 4.54. The van der Waals surface area contributed by atoms with Crippen LogP contribution in [0.2, 0.25) is 5.02 Å². The molecular weight excluding hydrogens is 502 g/mol. The first-order valence-electron chi connectivity index (χ1n) is 11.6. The van der Waals surface area contributed by atoms with Crippen LogP contribution in [-0.2, 0) is 27.7 Å². The molecule has 3 aromatic carbocycles. The van der Waals surface area contributed by atoms with E-state index in [4.69, 9.17) is 16.3 Å². The Morgan fingerprint density at radius 1 is 1.06 bits per heavy atom. The van der Waals surface area contributed by atoms with Crippen LogP contribution in [0.3, 0.4) is 0 Å². The molecule has 0 saturated heterocycles. The third-order valence-corrected chi connectivity index (χ3v) is 8.42. The summed E-state index contributed by atoms with van der Waals surface area (Å²) in [7, 11) is -3.90. The predicted molar refractivity (Wildman–Crippen MR) is 138 cm³/mol. The van der Waals surface area contributed by atoms with Gasteiger partial charge in [-0.25, -0.2) is 18.0 Å². The van der Waals surface area contributed by atoms with Gasteiger partial charge >= 0.3 is 12.0 Å². The van der Waals surface area contributed by atoms with Crippen molar-refractivity contribution in [3.8, 4) is 0 Å². The number of halogens is 1. The first kappa shape index (κ1) is 24.1. The van der Waals surface area contributed by atoms with Crippen LogP contribution in [0.1, 0.15) is 34.8 Å². The number of anilines is 3. The Bertz CT molecular complexity index is 1470. The summed E-state index contributed by atoms with van der Waals surface area (Å²) in [5.74, 6) is -0.461. The summed E-state index contributed by atoms with van der Waals surface area (Å²) >= 11 is 6.46. The van der Waals surface area contributed by atoms with Gasteiger partial charge in [0.1, 0.15) is 0 Å². The van der Waals surface area contributed by atoms with E-state index in [2.05, 4.69) is 5.32 Å². The molecule has 36 heavy (non-hydrogen) atoms. The highest BCUT2D eigenvalue weighted by molar-refractivity contribution is 7.92. The van der Waals surface area contributed by atoms with E-state index in [1.807, 2.05) is 18.2 Å². The Labute approximate surface area is 214 Å². The number of nitrogens with one attached hydrogen (secondary N) is 1.